The second-order valence-electron chi connectivity index (χ2n) is 5.38. The molecule has 1 aromatic carbocycles. The number of benzene rings is 1. The number of anilines is 1. The summed E-state index contributed by atoms with van der Waals surface area (Å²) in [6, 6.07) is 5.54. The van der Waals surface area contributed by atoms with Gasteiger partial charge in [-0.1, -0.05) is 13.0 Å². The van der Waals surface area contributed by atoms with E-state index >= 15 is 0 Å². The van der Waals surface area contributed by atoms with Gasteiger partial charge in [-0.15, -0.1) is 0 Å². The first-order valence-electron chi connectivity index (χ1n) is 6.84. The topological polar surface area (TPSA) is 32.5 Å². The van der Waals surface area contributed by atoms with Crippen LogP contribution in [0.2, 0.25) is 0 Å². The van der Waals surface area contributed by atoms with E-state index in [1.807, 2.05) is 45.1 Å². The maximum atomic E-state index is 14.1. The van der Waals surface area contributed by atoms with E-state index in [9.17, 15) is 4.39 Å². The minimum absolute atomic E-state index is 0.108. The molecule has 0 heterocycles. The van der Waals surface area contributed by atoms with Crippen molar-refractivity contribution in [2.75, 3.05) is 39.1 Å². The second-order valence-corrected chi connectivity index (χ2v) is 5.38. The summed E-state index contributed by atoms with van der Waals surface area (Å²) >= 11 is 0. The molecular weight excluding hydrogens is 241 g/mol. The van der Waals surface area contributed by atoms with Gasteiger partial charge in [-0.25, -0.2) is 4.39 Å². The van der Waals surface area contributed by atoms with E-state index in [0.29, 0.717) is 5.69 Å². The van der Waals surface area contributed by atoms with Gasteiger partial charge in [0.25, 0.3) is 0 Å². The quantitative estimate of drug-likeness (QED) is 0.821. The van der Waals surface area contributed by atoms with Crippen LogP contribution in [0.4, 0.5) is 10.1 Å². The molecule has 4 heteroatoms. The lowest BCUT2D eigenvalue weighted by Crippen LogP contribution is -2.29. The Labute approximate surface area is 116 Å². The van der Waals surface area contributed by atoms with Crippen LogP contribution in [0.15, 0.2) is 18.2 Å². The second kappa shape index (κ2) is 7.46. The molecule has 0 spiro atoms. The average Bonchev–Trinajstić information content (AvgIpc) is 2.35. The van der Waals surface area contributed by atoms with E-state index in [0.717, 1.165) is 31.5 Å². The molecule has 1 unspecified atom stereocenters. The SMILES string of the molecule is CCC(N)Cc1ccc(N(C)CCN(C)C)c(F)c1. The van der Waals surface area contributed by atoms with E-state index in [-0.39, 0.29) is 11.9 Å². The zero-order valence-corrected chi connectivity index (χ0v) is 12.5. The molecule has 0 amide bonds. The molecule has 0 saturated heterocycles. The number of nitrogens with zero attached hydrogens (tertiary/aromatic N) is 2. The minimum atomic E-state index is -0.165. The van der Waals surface area contributed by atoms with Gasteiger partial charge in [-0.05, 0) is 44.6 Å². The van der Waals surface area contributed by atoms with Crippen LogP contribution < -0.4 is 10.6 Å². The van der Waals surface area contributed by atoms with Crippen LogP contribution in [0.25, 0.3) is 0 Å². The number of likely N-dealkylation sites (N-methyl/N-ethyl adjacent to an activating group) is 2. The van der Waals surface area contributed by atoms with Gasteiger partial charge in [-0.3, -0.25) is 0 Å². The van der Waals surface area contributed by atoms with Crippen molar-refractivity contribution in [1.29, 1.82) is 0 Å². The fourth-order valence-corrected chi connectivity index (χ4v) is 1.90. The van der Waals surface area contributed by atoms with Gasteiger partial charge < -0.3 is 15.5 Å². The Balaban J connectivity index is 2.71. The monoisotopic (exact) mass is 267 g/mol. The summed E-state index contributed by atoms with van der Waals surface area (Å²) in [4.78, 5) is 4.03. The number of nitrogens with two attached hydrogens (primary N) is 1. The molecule has 1 atom stereocenters. The average molecular weight is 267 g/mol. The van der Waals surface area contributed by atoms with Gasteiger partial charge in [0.2, 0.25) is 0 Å². The molecule has 1 rings (SSSR count). The summed E-state index contributed by atoms with van der Waals surface area (Å²) in [6.45, 7) is 3.75. The van der Waals surface area contributed by atoms with E-state index < -0.39 is 0 Å². The Bertz CT molecular complexity index is 393. The maximum Gasteiger partial charge on any atom is 0.146 e. The fraction of sp³-hybridized carbons (Fsp3) is 0.600. The number of rotatable bonds is 7. The molecule has 108 valence electrons. The predicted octanol–water partition coefficient (Wildman–Crippen LogP) is 2.10. The zero-order valence-electron chi connectivity index (χ0n) is 12.5. The van der Waals surface area contributed by atoms with Gasteiger partial charge >= 0.3 is 0 Å². The Morgan fingerprint density at radius 1 is 1.21 bits per heavy atom. The van der Waals surface area contributed by atoms with Gasteiger partial charge in [0.1, 0.15) is 5.82 Å². The van der Waals surface area contributed by atoms with Crippen LogP contribution in [0, 0.1) is 5.82 Å². The highest BCUT2D eigenvalue weighted by Crippen LogP contribution is 2.20. The lowest BCUT2D eigenvalue weighted by Gasteiger charge is -2.22. The van der Waals surface area contributed by atoms with E-state index in [4.69, 9.17) is 5.73 Å². The van der Waals surface area contributed by atoms with Gasteiger partial charge in [0, 0.05) is 26.2 Å². The predicted molar refractivity (Wildman–Crippen MR) is 80.2 cm³/mol. The van der Waals surface area contributed by atoms with Crippen molar-refractivity contribution in [3.63, 3.8) is 0 Å². The number of halogens is 1. The van der Waals surface area contributed by atoms with Gasteiger partial charge in [-0.2, -0.15) is 0 Å². The van der Waals surface area contributed by atoms with Crippen LogP contribution in [0.3, 0.4) is 0 Å². The Morgan fingerprint density at radius 2 is 1.89 bits per heavy atom. The van der Waals surface area contributed by atoms with Crippen LogP contribution in [-0.2, 0) is 6.42 Å². The van der Waals surface area contributed by atoms with Crippen molar-refractivity contribution in [3.8, 4) is 0 Å². The molecule has 0 aliphatic heterocycles. The smallest absolute Gasteiger partial charge is 0.146 e. The van der Waals surface area contributed by atoms with E-state index in [1.54, 1.807) is 6.07 Å². The molecule has 2 N–H and O–H groups in total. The van der Waals surface area contributed by atoms with Crippen molar-refractivity contribution in [2.45, 2.75) is 25.8 Å². The summed E-state index contributed by atoms with van der Waals surface area (Å²) in [7, 11) is 5.94. The zero-order chi connectivity index (χ0) is 14.4. The molecule has 1 aromatic rings. The van der Waals surface area contributed by atoms with Crippen molar-refractivity contribution in [3.05, 3.63) is 29.6 Å². The number of hydrogen-bond donors (Lipinski definition) is 1. The molecule has 19 heavy (non-hydrogen) atoms. The summed E-state index contributed by atoms with van der Waals surface area (Å²) in [6.07, 6.45) is 1.64. The first-order chi connectivity index (χ1) is 8.93. The van der Waals surface area contributed by atoms with E-state index in [2.05, 4.69) is 4.90 Å². The molecule has 0 fully saturated rings. The molecule has 0 bridgehead atoms. The van der Waals surface area contributed by atoms with Crippen molar-refractivity contribution in [2.24, 2.45) is 5.73 Å². The fourth-order valence-electron chi connectivity index (χ4n) is 1.90. The summed E-state index contributed by atoms with van der Waals surface area (Å²) in [5.74, 6) is -0.165. The van der Waals surface area contributed by atoms with E-state index in [1.165, 1.54) is 0 Å². The summed E-state index contributed by atoms with van der Waals surface area (Å²) < 4.78 is 14.1. The van der Waals surface area contributed by atoms with Crippen LogP contribution in [-0.4, -0.2) is 45.2 Å². The van der Waals surface area contributed by atoms with Crippen molar-refractivity contribution >= 4 is 5.69 Å². The van der Waals surface area contributed by atoms with Gasteiger partial charge in [0.15, 0.2) is 0 Å². The lowest BCUT2D eigenvalue weighted by molar-refractivity contribution is 0.416. The molecule has 0 saturated carbocycles. The normalized spacial score (nSPS) is 12.8. The third-order valence-corrected chi connectivity index (χ3v) is 3.33. The highest BCUT2D eigenvalue weighted by molar-refractivity contribution is 5.48. The third-order valence-electron chi connectivity index (χ3n) is 3.33. The minimum Gasteiger partial charge on any atom is -0.371 e. The van der Waals surface area contributed by atoms with Gasteiger partial charge in [0.05, 0.1) is 5.69 Å². The standard InChI is InChI=1S/C15H26FN3/c1-5-13(17)10-12-6-7-15(14(16)11-12)19(4)9-8-18(2)3/h6-7,11,13H,5,8-10,17H2,1-4H3. The summed E-state index contributed by atoms with van der Waals surface area (Å²) in [5, 5.41) is 0. The highest BCUT2D eigenvalue weighted by Gasteiger charge is 2.10. The third kappa shape index (κ3) is 5.17. The molecule has 3 nitrogen and oxygen atoms in total. The molecule has 0 aliphatic rings. The van der Waals surface area contributed by atoms with Crippen LogP contribution in [0.5, 0.6) is 0 Å². The number of hydrogen-bond acceptors (Lipinski definition) is 3. The van der Waals surface area contributed by atoms with Crippen molar-refractivity contribution in [1.82, 2.24) is 4.90 Å². The maximum absolute atomic E-state index is 14.1. The summed E-state index contributed by atoms with van der Waals surface area (Å²) in [5.41, 5.74) is 7.51. The highest BCUT2D eigenvalue weighted by atomic mass is 19.1. The molecule has 0 aromatic heterocycles. The molecular formula is C15H26FN3. The molecule has 0 radical (unpaired) electrons. The first kappa shape index (κ1) is 15.9. The largest absolute Gasteiger partial charge is 0.371 e. The Hall–Kier alpha value is -1.13. The Kier molecular flexibility index (Phi) is 6.25. The van der Waals surface area contributed by atoms with Crippen molar-refractivity contribution < 1.29 is 4.39 Å². The van der Waals surface area contributed by atoms with Crippen LogP contribution in [0.1, 0.15) is 18.9 Å². The lowest BCUT2D eigenvalue weighted by atomic mass is 10.0. The first-order valence-corrected chi connectivity index (χ1v) is 6.84. The molecule has 0 aliphatic carbocycles. The Morgan fingerprint density at radius 3 is 2.42 bits per heavy atom. The van der Waals surface area contributed by atoms with Crippen LogP contribution >= 0.6 is 0 Å².